The molecule has 0 atom stereocenters. The number of nitrogens with one attached hydrogen (secondary N) is 1. The normalized spacial score (nSPS) is 10.7. The van der Waals surface area contributed by atoms with Gasteiger partial charge in [0.2, 0.25) is 0 Å². The number of ether oxygens (including phenoxy) is 1. The summed E-state index contributed by atoms with van der Waals surface area (Å²) in [5, 5.41) is 3.26. The van der Waals surface area contributed by atoms with E-state index in [1.807, 2.05) is 24.3 Å². The van der Waals surface area contributed by atoms with Gasteiger partial charge in [0.05, 0.1) is 12.2 Å². The second-order valence-electron chi connectivity index (χ2n) is 6.23. The Balaban J connectivity index is 2.18. The molecule has 128 valence electrons. The number of rotatable bonds is 9. The molecule has 0 unspecified atom stereocenters. The van der Waals surface area contributed by atoms with Crippen molar-refractivity contribution in [3.8, 4) is 5.75 Å². The zero-order valence-corrected chi connectivity index (χ0v) is 14.7. The highest BCUT2D eigenvalue weighted by atomic mass is 16.5. The second-order valence-corrected chi connectivity index (χ2v) is 6.23. The molecule has 0 fully saturated rings. The Bertz CT molecular complexity index is 668. The van der Waals surface area contributed by atoms with Crippen molar-refractivity contribution in [3.05, 3.63) is 53.7 Å². The summed E-state index contributed by atoms with van der Waals surface area (Å²) in [4.78, 5) is 17.2. The van der Waals surface area contributed by atoms with E-state index in [0.29, 0.717) is 29.5 Å². The van der Waals surface area contributed by atoms with Crippen molar-refractivity contribution in [2.45, 2.75) is 33.6 Å². The Morgan fingerprint density at radius 2 is 2.08 bits per heavy atom. The highest BCUT2D eigenvalue weighted by molar-refractivity contribution is 6.12. The maximum absolute atomic E-state index is 12.9. The number of hydrogen-bond donors (Lipinski definition) is 1. The Morgan fingerprint density at radius 3 is 2.83 bits per heavy atom. The van der Waals surface area contributed by atoms with Crippen LogP contribution < -0.4 is 10.1 Å². The number of carbonyl (C=O) groups is 1. The average Bonchev–Trinajstić information content (AvgIpc) is 2.60. The van der Waals surface area contributed by atoms with Crippen LogP contribution in [0.15, 0.2) is 42.6 Å². The van der Waals surface area contributed by atoms with Gasteiger partial charge in [0.1, 0.15) is 11.6 Å². The third-order valence-corrected chi connectivity index (χ3v) is 3.59. The summed E-state index contributed by atoms with van der Waals surface area (Å²) < 4.78 is 5.70. The number of anilines is 1. The summed E-state index contributed by atoms with van der Waals surface area (Å²) in [5.74, 6) is 1.80. The predicted molar refractivity (Wildman–Crippen MR) is 97.8 cm³/mol. The fourth-order valence-electron chi connectivity index (χ4n) is 2.25. The SMILES string of the molecule is CCCCOc1cccc(C(=O)c2cccnc2NCC(C)C)c1. The standard InChI is InChI=1S/C20H26N2O2/c1-4-5-12-24-17-9-6-8-16(13-17)19(23)18-10-7-11-21-20(18)22-14-15(2)3/h6-11,13,15H,4-5,12,14H2,1-3H3,(H,21,22). The maximum atomic E-state index is 12.9. The molecule has 0 amide bonds. The first-order chi connectivity index (χ1) is 11.6. The van der Waals surface area contributed by atoms with Gasteiger partial charge in [-0.3, -0.25) is 4.79 Å². The molecule has 4 heteroatoms. The number of benzene rings is 1. The van der Waals surface area contributed by atoms with Crippen LogP contribution in [0.1, 0.15) is 49.5 Å². The van der Waals surface area contributed by atoms with E-state index >= 15 is 0 Å². The number of pyridine rings is 1. The van der Waals surface area contributed by atoms with Crippen LogP contribution in [0.2, 0.25) is 0 Å². The van der Waals surface area contributed by atoms with E-state index in [1.54, 1.807) is 18.3 Å². The van der Waals surface area contributed by atoms with E-state index in [2.05, 4.69) is 31.1 Å². The average molecular weight is 326 g/mol. The fourth-order valence-corrected chi connectivity index (χ4v) is 2.25. The van der Waals surface area contributed by atoms with Gasteiger partial charge in [-0.2, -0.15) is 0 Å². The van der Waals surface area contributed by atoms with Crippen LogP contribution in [-0.4, -0.2) is 23.9 Å². The predicted octanol–water partition coefficient (Wildman–Crippen LogP) is 4.56. The minimum absolute atomic E-state index is 0.0460. The molecular formula is C20H26N2O2. The third-order valence-electron chi connectivity index (χ3n) is 3.59. The summed E-state index contributed by atoms with van der Waals surface area (Å²) >= 11 is 0. The minimum Gasteiger partial charge on any atom is -0.494 e. The molecule has 0 aliphatic carbocycles. The summed E-state index contributed by atoms with van der Waals surface area (Å²) in [6, 6.07) is 10.9. The van der Waals surface area contributed by atoms with Crippen LogP contribution in [-0.2, 0) is 0 Å². The summed E-state index contributed by atoms with van der Waals surface area (Å²) in [6.07, 6.45) is 3.78. The van der Waals surface area contributed by atoms with Gasteiger partial charge in [0.15, 0.2) is 5.78 Å². The molecule has 2 rings (SSSR count). The van der Waals surface area contributed by atoms with Crippen LogP contribution in [0.5, 0.6) is 5.75 Å². The largest absolute Gasteiger partial charge is 0.494 e. The zero-order valence-electron chi connectivity index (χ0n) is 14.7. The summed E-state index contributed by atoms with van der Waals surface area (Å²) in [7, 11) is 0. The first kappa shape index (κ1) is 18.0. The highest BCUT2D eigenvalue weighted by Gasteiger charge is 2.15. The molecule has 0 saturated heterocycles. The van der Waals surface area contributed by atoms with Gasteiger partial charge in [-0.05, 0) is 36.6 Å². The number of ketones is 1. The van der Waals surface area contributed by atoms with Crippen molar-refractivity contribution >= 4 is 11.6 Å². The van der Waals surface area contributed by atoms with E-state index in [9.17, 15) is 4.79 Å². The van der Waals surface area contributed by atoms with Crippen molar-refractivity contribution < 1.29 is 9.53 Å². The lowest BCUT2D eigenvalue weighted by Gasteiger charge is -2.12. The number of hydrogen-bond acceptors (Lipinski definition) is 4. The van der Waals surface area contributed by atoms with E-state index in [1.165, 1.54) is 0 Å². The van der Waals surface area contributed by atoms with E-state index in [0.717, 1.165) is 25.1 Å². The number of aromatic nitrogens is 1. The lowest BCUT2D eigenvalue weighted by Crippen LogP contribution is -2.13. The van der Waals surface area contributed by atoms with Crippen LogP contribution in [0.25, 0.3) is 0 Å². The van der Waals surface area contributed by atoms with Crippen molar-refractivity contribution in [3.63, 3.8) is 0 Å². The quantitative estimate of drug-likeness (QED) is 0.542. The zero-order chi connectivity index (χ0) is 17.4. The molecule has 0 aliphatic rings. The first-order valence-electron chi connectivity index (χ1n) is 8.58. The van der Waals surface area contributed by atoms with E-state index in [4.69, 9.17) is 4.74 Å². The second kappa shape index (κ2) is 9.06. The topological polar surface area (TPSA) is 51.2 Å². The Labute approximate surface area is 144 Å². The summed E-state index contributed by atoms with van der Waals surface area (Å²) in [6.45, 7) is 7.81. The Morgan fingerprint density at radius 1 is 1.25 bits per heavy atom. The molecule has 1 aromatic carbocycles. The Hall–Kier alpha value is -2.36. The van der Waals surface area contributed by atoms with Crippen molar-refractivity contribution in [1.82, 2.24) is 4.98 Å². The van der Waals surface area contributed by atoms with Crippen LogP contribution in [0, 0.1) is 5.92 Å². The fraction of sp³-hybridized carbons (Fsp3) is 0.400. The van der Waals surface area contributed by atoms with Crippen LogP contribution in [0.3, 0.4) is 0 Å². The molecule has 0 radical (unpaired) electrons. The molecule has 24 heavy (non-hydrogen) atoms. The maximum Gasteiger partial charge on any atom is 0.196 e. The molecule has 0 spiro atoms. The van der Waals surface area contributed by atoms with Gasteiger partial charge in [-0.25, -0.2) is 4.98 Å². The molecule has 4 nitrogen and oxygen atoms in total. The highest BCUT2D eigenvalue weighted by Crippen LogP contribution is 2.20. The molecule has 1 aromatic heterocycles. The first-order valence-corrected chi connectivity index (χ1v) is 8.58. The smallest absolute Gasteiger partial charge is 0.196 e. The number of unbranched alkanes of at least 4 members (excludes halogenated alkanes) is 1. The van der Waals surface area contributed by atoms with Crippen LogP contribution in [0.4, 0.5) is 5.82 Å². The molecular weight excluding hydrogens is 300 g/mol. The van der Waals surface area contributed by atoms with E-state index < -0.39 is 0 Å². The molecule has 2 aromatic rings. The van der Waals surface area contributed by atoms with Crippen molar-refractivity contribution in [2.75, 3.05) is 18.5 Å². The molecule has 1 N–H and O–H groups in total. The van der Waals surface area contributed by atoms with E-state index in [-0.39, 0.29) is 5.78 Å². The van der Waals surface area contributed by atoms with Gasteiger partial charge in [0, 0.05) is 18.3 Å². The third kappa shape index (κ3) is 5.08. The molecule has 1 heterocycles. The Kier molecular flexibility index (Phi) is 6.79. The van der Waals surface area contributed by atoms with Crippen molar-refractivity contribution in [1.29, 1.82) is 0 Å². The minimum atomic E-state index is -0.0460. The lowest BCUT2D eigenvalue weighted by molar-refractivity contribution is 0.103. The van der Waals surface area contributed by atoms with Gasteiger partial charge in [0.25, 0.3) is 0 Å². The van der Waals surface area contributed by atoms with Gasteiger partial charge < -0.3 is 10.1 Å². The monoisotopic (exact) mass is 326 g/mol. The molecule has 0 saturated carbocycles. The van der Waals surface area contributed by atoms with Gasteiger partial charge in [-0.1, -0.05) is 39.3 Å². The van der Waals surface area contributed by atoms with Crippen LogP contribution >= 0.6 is 0 Å². The summed E-state index contributed by atoms with van der Waals surface area (Å²) in [5.41, 5.74) is 1.20. The van der Waals surface area contributed by atoms with Gasteiger partial charge in [-0.15, -0.1) is 0 Å². The lowest BCUT2D eigenvalue weighted by atomic mass is 10.0. The molecule has 0 bridgehead atoms. The van der Waals surface area contributed by atoms with Crippen molar-refractivity contribution in [2.24, 2.45) is 5.92 Å². The molecule has 0 aliphatic heterocycles. The number of carbonyl (C=O) groups excluding carboxylic acids is 1. The number of nitrogens with zero attached hydrogens (tertiary/aromatic N) is 1. The van der Waals surface area contributed by atoms with Gasteiger partial charge >= 0.3 is 0 Å².